The number of aromatic amines is 1. The summed E-state index contributed by atoms with van der Waals surface area (Å²) in [6, 6.07) is 0. The first-order valence-corrected chi connectivity index (χ1v) is 7.11. The van der Waals surface area contributed by atoms with Gasteiger partial charge in [-0.05, 0) is 0 Å². The van der Waals surface area contributed by atoms with E-state index in [1.54, 1.807) is 4.57 Å². The van der Waals surface area contributed by atoms with Crippen LogP contribution in [0.25, 0.3) is 11.2 Å². The van der Waals surface area contributed by atoms with Gasteiger partial charge in [-0.25, -0.2) is 9.97 Å². The lowest BCUT2D eigenvalue weighted by atomic mass is 10.3. The zero-order valence-electron chi connectivity index (χ0n) is 13.5. The van der Waals surface area contributed by atoms with Crippen LogP contribution in [0.15, 0.2) is 17.6 Å². The van der Waals surface area contributed by atoms with Gasteiger partial charge in [0, 0.05) is 20.8 Å². The second-order valence-electron chi connectivity index (χ2n) is 4.99. The fourth-order valence-electron chi connectivity index (χ4n) is 2.07. The summed E-state index contributed by atoms with van der Waals surface area (Å²) in [7, 11) is 0. The number of nitrogens with one attached hydrogen (secondary N) is 1. The van der Waals surface area contributed by atoms with E-state index in [0.29, 0.717) is 11.2 Å². The Hall–Kier alpha value is -3.04. The maximum absolute atomic E-state index is 11.2. The number of fused-ring (bicyclic) bond motifs is 1. The van der Waals surface area contributed by atoms with E-state index < -0.39 is 18.0 Å². The summed E-state index contributed by atoms with van der Waals surface area (Å²) in [5.41, 5.74) is 1.17. The number of imidazole rings is 1. The van der Waals surface area contributed by atoms with E-state index in [4.69, 9.17) is 9.47 Å². The van der Waals surface area contributed by atoms with Crippen molar-refractivity contribution in [3.8, 4) is 0 Å². The molecule has 10 nitrogen and oxygen atoms in total. The first kappa shape index (κ1) is 17.3. The van der Waals surface area contributed by atoms with Crippen molar-refractivity contribution in [3.63, 3.8) is 0 Å². The highest BCUT2D eigenvalue weighted by molar-refractivity contribution is 5.76. The molecule has 0 aromatic carbocycles. The van der Waals surface area contributed by atoms with Crippen LogP contribution in [0.4, 0.5) is 0 Å². The van der Waals surface area contributed by atoms with E-state index in [0.717, 1.165) is 0 Å². The minimum absolute atomic E-state index is 0.0899. The summed E-state index contributed by atoms with van der Waals surface area (Å²) >= 11 is 0. The fourth-order valence-corrected chi connectivity index (χ4v) is 2.07. The zero-order chi connectivity index (χ0) is 17.7. The molecule has 1 N–H and O–H groups in total. The molecule has 2 aromatic heterocycles. The Morgan fingerprint density at radius 2 is 2.00 bits per heavy atom. The summed E-state index contributed by atoms with van der Waals surface area (Å²) in [6.45, 7) is 3.93. The van der Waals surface area contributed by atoms with Crippen molar-refractivity contribution >= 4 is 29.0 Å². The molecule has 2 heterocycles. The summed E-state index contributed by atoms with van der Waals surface area (Å²) in [5.74, 6) is -1.36. The van der Waals surface area contributed by atoms with Gasteiger partial charge in [-0.3, -0.25) is 14.4 Å². The van der Waals surface area contributed by atoms with E-state index in [2.05, 4.69) is 19.9 Å². The first-order chi connectivity index (χ1) is 11.4. The second kappa shape index (κ2) is 7.49. The molecule has 2 rings (SSSR count). The number of esters is 2. The molecule has 1 amide bonds. The zero-order valence-corrected chi connectivity index (χ0v) is 13.5. The van der Waals surface area contributed by atoms with E-state index in [9.17, 15) is 14.4 Å². The summed E-state index contributed by atoms with van der Waals surface area (Å²) in [4.78, 5) is 48.3. The van der Waals surface area contributed by atoms with Gasteiger partial charge >= 0.3 is 11.9 Å². The third-order valence-electron chi connectivity index (χ3n) is 2.90. The number of aromatic nitrogens is 4. The van der Waals surface area contributed by atoms with Gasteiger partial charge in [-0.1, -0.05) is 0 Å². The number of hydrogen-bond donors (Lipinski definition) is 1. The molecule has 0 unspecified atom stereocenters. The number of hydrogen-bond acceptors (Lipinski definition) is 7. The van der Waals surface area contributed by atoms with Crippen LogP contribution in [-0.4, -0.2) is 50.1 Å². The minimum Gasteiger partial charge on any atom is -0.462 e. The van der Waals surface area contributed by atoms with Crippen molar-refractivity contribution in [3.05, 3.63) is 18.1 Å². The third kappa shape index (κ3) is 4.48. The lowest BCUT2D eigenvalue weighted by Crippen LogP contribution is -2.29. The normalized spacial score (nSPS) is 12.9. The maximum Gasteiger partial charge on any atom is 0.303 e. The Morgan fingerprint density at radius 3 is 2.62 bits per heavy atom. The predicted octanol–water partition coefficient (Wildman–Crippen LogP) is -0.299. The largest absolute Gasteiger partial charge is 0.462 e. The van der Waals surface area contributed by atoms with Gasteiger partial charge in [0.2, 0.25) is 5.91 Å². The van der Waals surface area contributed by atoms with Gasteiger partial charge in [0.25, 0.3) is 0 Å². The highest BCUT2D eigenvalue weighted by Gasteiger charge is 2.17. The van der Waals surface area contributed by atoms with Crippen LogP contribution in [0.1, 0.15) is 20.8 Å². The molecule has 0 fully saturated rings. The smallest absolute Gasteiger partial charge is 0.303 e. The van der Waals surface area contributed by atoms with Gasteiger partial charge in [0.05, 0.1) is 19.2 Å². The van der Waals surface area contributed by atoms with Crippen molar-refractivity contribution in [2.75, 3.05) is 6.61 Å². The number of rotatable bonds is 5. The van der Waals surface area contributed by atoms with Crippen molar-refractivity contribution in [1.29, 1.82) is 0 Å². The number of carbonyl (C=O) groups is 3. The second-order valence-corrected chi connectivity index (χ2v) is 4.99. The molecule has 0 radical (unpaired) electrons. The SMILES string of the molecule is CC(=O)N=c1ncn(C[C@@H](COC(C)=O)OC(C)=O)c2nc[nH]c12. The number of ether oxygens (including phenoxy) is 2. The molecule has 0 spiro atoms. The van der Waals surface area contributed by atoms with Crippen molar-refractivity contribution in [2.24, 2.45) is 4.99 Å². The molecule has 128 valence electrons. The average Bonchev–Trinajstić information content (AvgIpc) is 2.96. The van der Waals surface area contributed by atoms with Gasteiger partial charge < -0.3 is 19.0 Å². The van der Waals surface area contributed by atoms with E-state index >= 15 is 0 Å². The lowest BCUT2D eigenvalue weighted by Gasteiger charge is -2.18. The Morgan fingerprint density at radius 1 is 1.25 bits per heavy atom. The van der Waals surface area contributed by atoms with Crippen LogP contribution in [-0.2, 0) is 30.4 Å². The molecule has 0 saturated heterocycles. The van der Waals surface area contributed by atoms with Gasteiger partial charge in [0.15, 0.2) is 17.2 Å². The highest BCUT2D eigenvalue weighted by Crippen LogP contribution is 2.07. The number of amides is 1. The van der Waals surface area contributed by atoms with Gasteiger partial charge in [-0.2, -0.15) is 4.99 Å². The van der Waals surface area contributed by atoms with Crippen molar-refractivity contribution in [2.45, 2.75) is 33.4 Å². The molecule has 0 saturated carbocycles. The Labute approximate surface area is 136 Å². The quantitative estimate of drug-likeness (QED) is 0.743. The minimum atomic E-state index is -0.700. The van der Waals surface area contributed by atoms with Gasteiger partial charge in [0.1, 0.15) is 12.1 Å². The molecule has 2 aromatic rings. The molecule has 24 heavy (non-hydrogen) atoms. The molecule has 0 bridgehead atoms. The molecule has 1 atom stereocenters. The molecule has 0 aliphatic heterocycles. The highest BCUT2D eigenvalue weighted by atomic mass is 16.6. The van der Waals surface area contributed by atoms with Crippen LogP contribution in [0.2, 0.25) is 0 Å². The standard InChI is InChI=1S/C14H17N5O5/c1-8(20)18-13-12-14(16-6-15-12)19(7-17-13)4-11(24-10(3)22)5-23-9(2)21/h6-7,11H,4-5H2,1-3H3,(H,15,16)/t11-/m0/s1. The van der Waals surface area contributed by atoms with Crippen molar-refractivity contribution < 1.29 is 23.9 Å². The Kier molecular flexibility index (Phi) is 5.40. The molecule has 0 aliphatic carbocycles. The van der Waals surface area contributed by atoms with E-state index in [1.807, 2.05) is 0 Å². The Bertz CT molecular complexity index is 837. The monoisotopic (exact) mass is 335 g/mol. The van der Waals surface area contributed by atoms with Crippen LogP contribution < -0.4 is 5.49 Å². The Balaban J connectivity index is 2.33. The number of H-pyrrole nitrogens is 1. The molecule has 10 heteroatoms. The van der Waals surface area contributed by atoms with E-state index in [1.165, 1.54) is 33.4 Å². The maximum atomic E-state index is 11.2. The molecular weight excluding hydrogens is 318 g/mol. The summed E-state index contributed by atoms with van der Waals surface area (Å²) in [5, 5.41) is 0. The summed E-state index contributed by atoms with van der Waals surface area (Å²) < 4.78 is 11.7. The summed E-state index contributed by atoms with van der Waals surface area (Å²) in [6.07, 6.45) is 2.16. The molecular formula is C14H17N5O5. The van der Waals surface area contributed by atoms with E-state index in [-0.39, 0.29) is 24.5 Å². The van der Waals surface area contributed by atoms with Crippen LogP contribution in [0.3, 0.4) is 0 Å². The van der Waals surface area contributed by atoms with Crippen molar-refractivity contribution in [1.82, 2.24) is 19.5 Å². The fraction of sp³-hybridized carbons (Fsp3) is 0.429. The predicted molar refractivity (Wildman–Crippen MR) is 80.3 cm³/mol. The van der Waals surface area contributed by atoms with Crippen LogP contribution in [0, 0.1) is 0 Å². The van der Waals surface area contributed by atoms with Crippen LogP contribution >= 0.6 is 0 Å². The number of nitrogens with zero attached hydrogens (tertiary/aromatic N) is 4. The first-order valence-electron chi connectivity index (χ1n) is 7.11. The average molecular weight is 335 g/mol. The molecule has 0 aliphatic rings. The van der Waals surface area contributed by atoms with Gasteiger partial charge in [-0.15, -0.1) is 0 Å². The lowest BCUT2D eigenvalue weighted by molar-refractivity contribution is -0.157. The topological polar surface area (TPSA) is 129 Å². The third-order valence-corrected chi connectivity index (χ3v) is 2.90. The van der Waals surface area contributed by atoms with Crippen LogP contribution in [0.5, 0.6) is 0 Å². The number of carbonyl (C=O) groups excluding carboxylic acids is 3.